The van der Waals surface area contributed by atoms with Crippen LogP contribution in [0.5, 0.6) is 0 Å². The second-order valence-corrected chi connectivity index (χ2v) is 6.42. The molecule has 0 bridgehead atoms. The molecule has 0 radical (unpaired) electrons. The second-order valence-electron chi connectivity index (χ2n) is 6.42. The molecule has 1 saturated carbocycles. The molecule has 3 nitrogen and oxygen atoms in total. The largest absolute Gasteiger partial charge is 0.378 e. The summed E-state index contributed by atoms with van der Waals surface area (Å²) in [7, 11) is 0. The minimum Gasteiger partial charge on any atom is -0.378 e. The number of nitrogens with one attached hydrogen (secondary N) is 1. The molecule has 2 saturated heterocycles. The molecule has 3 rings (SSSR count). The van der Waals surface area contributed by atoms with Gasteiger partial charge in [0.15, 0.2) is 0 Å². The Hall–Kier alpha value is -0.120. The molecule has 0 aromatic rings. The maximum absolute atomic E-state index is 5.81. The fourth-order valence-electron chi connectivity index (χ4n) is 4.01. The van der Waals surface area contributed by atoms with E-state index in [2.05, 4.69) is 19.2 Å². The highest BCUT2D eigenvalue weighted by atomic mass is 16.5. The first-order chi connectivity index (χ1) is 8.19. The summed E-state index contributed by atoms with van der Waals surface area (Å²) in [5, 5.41) is 3.75. The lowest BCUT2D eigenvalue weighted by Gasteiger charge is -2.55. The average Bonchev–Trinajstić information content (AvgIpc) is 2.94. The van der Waals surface area contributed by atoms with Crippen LogP contribution in [0.25, 0.3) is 0 Å². The van der Waals surface area contributed by atoms with E-state index in [4.69, 9.17) is 9.47 Å². The number of ether oxygens (including phenoxy) is 2. The predicted octanol–water partition coefficient (Wildman–Crippen LogP) is 1.96. The molecule has 0 amide bonds. The maximum Gasteiger partial charge on any atom is 0.0685 e. The molecule has 0 aromatic heterocycles. The molecule has 0 aromatic carbocycles. The van der Waals surface area contributed by atoms with E-state index >= 15 is 0 Å². The summed E-state index contributed by atoms with van der Waals surface area (Å²) in [5.41, 5.74) is 0.317. The van der Waals surface area contributed by atoms with Crippen LogP contribution in [0, 0.1) is 11.3 Å². The molecule has 2 aliphatic heterocycles. The van der Waals surface area contributed by atoms with Crippen LogP contribution in [-0.2, 0) is 9.47 Å². The van der Waals surface area contributed by atoms with Gasteiger partial charge in [0, 0.05) is 30.6 Å². The van der Waals surface area contributed by atoms with Crippen LogP contribution in [0.15, 0.2) is 0 Å². The molecular formula is C14H25NO2. The van der Waals surface area contributed by atoms with Gasteiger partial charge < -0.3 is 14.8 Å². The number of hydrogen-bond donors (Lipinski definition) is 1. The van der Waals surface area contributed by atoms with Crippen molar-refractivity contribution < 1.29 is 9.47 Å². The number of hydrogen-bond acceptors (Lipinski definition) is 3. The molecule has 17 heavy (non-hydrogen) atoms. The summed E-state index contributed by atoms with van der Waals surface area (Å²) in [4.78, 5) is 0. The molecule has 1 aliphatic carbocycles. The number of rotatable bonds is 4. The van der Waals surface area contributed by atoms with Gasteiger partial charge in [0.2, 0.25) is 0 Å². The molecule has 1 N–H and O–H groups in total. The molecule has 98 valence electrons. The third-order valence-electron chi connectivity index (χ3n) is 4.96. The van der Waals surface area contributed by atoms with Crippen molar-refractivity contribution in [2.45, 2.75) is 57.8 Å². The molecule has 2 heterocycles. The Morgan fingerprint density at radius 3 is 2.82 bits per heavy atom. The SMILES string of the molecule is CC1(C)C(NCCC2CCCO2)C2CCOC21. The normalized spacial score (nSPS) is 43.4. The standard InChI is InChI=1S/C14H25NO2/c1-14(2)12(11-6-9-17-13(11)14)15-7-5-10-4-3-8-16-10/h10-13,15H,3-9H2,1-2H3. The summed E-state index contributed by atoms with van der Waals surface area (Å²) in [6.45, 7) is 7.70. The van der Waals surface area contributed by atoms with Gasteiger partial charge in [-0.05, 0) is 32.2 Å². The Kier molecular flexibility index (Phi) is 3.18. The molecule has 4 unspecified atom stereocenters. The van der Waals surface area contributed by atoms with Gasteiger partial charge in [0.05, 0.1) is 12.2 Å². The molecule has 4 atom stereocenters. The van der Waals surface area contributed by atoms with Gasteiger partial charge in [-0.3, -0.25) is 0 Å². The number of fused-ring (bicyclic) bond motifs is 1. The van der Waals surface area contributed by atoms with Crippen molar-refractivity contribution in [3.05, 3.63) is 0 Å². The lowest BCUT2D eigenvalue weighted by molar-refractivity contribution is -0.112. The van der Waals surface area contributed by atoms with Crippen molar-refractivity contribution in [2.75, 3.05) is 19.8 Å². The quantitative estimate of drug-likeness (QED) is 0.813. The van der Waals surface area contributed by atoms with E-state index in [9.17, 15) is 0 Å². The zero-order chi connectivity index (χ0) is 11.9. The summed E-state index contributed by atoms with van der Waals surface area (Å²) in [5.74, 6) is 0.759. The minimum absolute atomic E-state index is 0.317. The Balaban J connectivity index is 1.45. The monoisotopic (exact) mass is 239 g/mol. The van der Waals surface area contributed by atoms with E-state index in [-0.39, 0.29) is 0 Å². The Bertz CT molecular complexity index is 273. The van der Waals surface area contributed by atoms with Gasteiger partial charge in [-0.25, -0.2) is 0 Å². The average molecular weight is 239 g/mol. The van der Waals surface area contributed by atoms with E-state index in [0.717, 1.165) is 25.7 Å². The maximum atomic E-state index is 5.81. The van der Waals surface area contributed by atoms with Gasteiger partial charge in [-0.2, -0.15) is 0 Å². The molecular weight excluding hydrogens is 214 g/mol. The van der Waals surface area contributed by atoms with Crippen LogP contribution in [0.2, 0.25) is 0 Å². The highest BCUT2D eigenvalue weighted by Crippen LogP contribution is 2.52. The van der Waals surface area contributed by atoms with Crippen molar-refractivity contribution >= 4 is 0 Å². The first-order valence-corrected chi connectivity index (χ1v) is 7.16. The summed E-state index contributed by atoms with van der Waals surface area (Å²) >= 11 is 0. The van der Waals surface area contributed by atoms with E-state index in [1.165, 1.54) is 25.7 Å². The fourth-order valence-corrected chi connectivity index (χ4v) is 4.01. The van der Waals surface area contributed by atoms with E-state index in [1.54, 1.807) is 0 Å². The van der Waals surface area contributed by atoms with E-state index in [1.807, 2.05) is 0 Å². The van der Waals surface area contributed by atoms with Crippen molar-refractivity contribution in [3.63, 3.8) is 0 Å². The zero-order valence-electron chi connectivity index (χ0n) is 11.1. The van der Waals surface area contributed by atoms with Crippen LogP contribution < -0.4 is 5.32 Å². The van der Waals surface area contributed by atoms with Crippen molar-refractivity contribution in [1.29, 1.82) is 0 Å². The van der Waals surface area contributed by atoms with Gasteiger partial charge in [0.25, 0.3) is 0 Å². The zero-order valence-corrected chi connectivity index (χ0v) is 11.1. The smallest absolute Gasteiger partial charge is 0.0685 e. The third-order valence-corrected chi connectivity index (χ3v) is 4.96. The Morgan fingerprint density at radius 2 is 2.06 bits per heavy atom. The fraction of sp³-hybridized carbons (Fsp3) is 1.00. The van der Waals surface area contributed by atoms with Crippen molar-refractivity contribution in [1.82, 2.24) is 5.32 Å². The highest BCUT2D eigenvalue weighted by molar-refractivity contribution is 5.11. The topological polar surface area (TPSA) is 30.5 Å². The third kappa shape index (κ3) is 2.02. The van der Waals surface area contributed by atoms with E-state index < -0.39 is 0 Å². The second kappa shape index (κ2) is 4.52. The van der Waals surface area contributed by atoms with Crippen LogP contribution in [0.4, 0.5) is 0 Å². The molecule has 3 heteroatoms. The lowest BCUT2D eigenvalue weighted by Crippen LogP contribution is -2.65. The highest BCUT2D eigenvalue weighted by Gasteiger charge is 2.58. The lowest BCUT2D eigenvalue weighted by atomic mass is 9.57. The molecule has 3 fully saturated rings. The minimum atomic E-state index is 0.317. The summed E-state index contributed by atoms with van der Waals surface area (Å²) in [6, 6.07) is 0.649. The van der Waals surface area contributed by atoms with Crippen LogP contribution in [0.1, 0.15) is 39.5 Å². The van der Waals surface area contributed by atoms with Crippen LogP contribution in [0.3, 0.4) is 0 Å². The molecule has 0 spiro atoms. The van der Waals surface area contributed by atoms with Gasteiger partial charge >= 0.3 is 0 Å². The predicted molar refractivity (Wildman–Crippen MR) is 67.0 cm³/mol. The summed E-state index contributed by atoms with van der Waals surface area (Å²) < 4.78 is 11.5. The first-order valence-electron chi connectivity index (χ1n) is 7.16. The van der Waals surface area contributed by atoms with Crippen molar-refractivity contribution in [3.8, 4) is 0 Å². The van der Waals surface area contributed by atoms with E-state index in [0.29, 0.717) is 23.7 Å². The van der Waals surface area contributed by atoms with Crippen molar-refractivity contribution in [2.24, 2.45) is 11.3 Å². The van der Waals surface area contributed by atoms with Crippen LogP contribution in [-0.4, -0.2) is 38.0 Å². The van der Waals surface area contributed by atoms with Crippen LogP contribution >= 0.6 is 0 Å². The summed E-state index contributed by atoms with van der Waals surface area (Å²) in [6.07, 6.45) is 5.93. The Morgan fingerprint density at radius 1 is 1.18 bits per heavy atom. The van der Waals surface area contributed by atoms with Gasteiger partial charge in [0.1, 0.15) is 0 Å². The van der Waals surface area contributed by atoms with Gasteiger partial charge in [-0.1, -0.05) is 13.8 Å². The van der Waals surface area contributed by atoms with Gasteiger partial charge in [-0.15, -0.1) is 0 Å². The Labute approximate surface area is 104 Å². The molecule has 3 aliphatic rings. The first kappa shape index (κ1) is 11.9.